The summed E-state index contributed by atoms with van der Waals surface area (Å²) in [5.74, 6) is 0.347. The van der Waals surface area contributed by atoms with Crippen LogP contribution in [-0.4, -0.2) is 18.3 Å². The maximum Gasteiger partial charge on any atom is 0.103 e. The Morgan fingerprint density at radius 2 is 2.18 bits per heavy atom. The van der Waals surface area contributed by atoms with Crippen LogP contribution in [0.25, 0.3) is 0 Å². The lowest BCUT2D eigenvalue weighted by Crippen LogP contribution is -2.11. The highest BCUT2D eigenvalue weighted by Gasteiger charge is 2.21. The minimum Gasteiger partial charge on any atom is -0.383 e. The molecule has 1 aromatic rings. The van der Waals surface area contributed by atoms with Gasteiger partial charge in [-0.25, -0.2) is 0 Å². The second-order valence-corrected chi connectivity index (χ2v) is 4.60. The first kappa shape index (κ1) is 14.1. The van der Waals surface area contributed by atoms with Crippen LogP contribution in [-0.2, 0) is 11.3 Å². The van der Waals surface area contributed by atoms with E-state index in [0.717, 1.165) is 24.4 Å². The highest BCUT2D eigenvalue weighted by Crippen LogP contribution is 2.33. The molecule has 0 aliphatic rings. The predicted molar refractivity (Wildman–Crippen MR) is 69.5 cm³/mol. The lowest BCUT2D eigenvalue weighted by atomic mass is 10.0. The molecule has 0 aromatic carbocycles. The Kier molecular flexibility index (Phi) is 5.04. The van der Waals surface area contributed by atoms with Gasteiger partial charge in [0.05, 0.1) is 17.2 Å². The van der Waals surface area contributed by atoms with E-state index in [4.69, 9.17) is 21.6 Å². The number of ether oxygens (including phenoxy) is 1. The zero-order valence-electron chi connectivity index (χ0n) is 10.9. The summed E-state index contributed by atoms with van der Waals surface area (Å²) in [5.41, 5.74) is 2.59. The van der Waals surface area contributed by atoms with E-state index >= 15 is 0 Å². The molecule has 4 heteroatoms. The Balaban J connectivity index is 3.29. The number of nitriles is 1. The van der Waals surface area contributed by atoms with Crippen LogP contribution in [0.5, 0.6) is 0 Å². The number of halogens is 1. The third-order valence-corrected chi connectivity index (χ3v) is 3.59. The summed E-state index contributed by atoms with van der Waals surface area (Å²) in [6.45, 7) is 7.55. The van der Waals surface area contributed by atoms with Gasteiger partial charge in [-0.2, -0.15) is 5.26 Å². The summed E-state index contributed by atoms with van der Waals surface area (Å²) < 4.78 is 7.21. The van der Waals surface area contributed by atoms with Crippen LogP contribution in [0.3, 0.4) is 0 Å². The van der Waals surface area contributed by atoms with Crippen LogP contribution in [0.15, 0.2) is 0 Å². The SMILES string of the molecule is CCC(C)c1c(Cl)c(C#N)c(C)n1CCOC. The molecule has 1 atom stereocenters. The number of rotatable bonds is 5. The summed E-state index contributed by atoms with van der Waals surface area (Å²) in [6.07, 6.45) is 1.00. The Morgan fingerprint density at radius 1 is 1.53 bits per heavy atom. The van der Waals surface area contributed by atoms with Crippen LogP contribution < -0.4 is 0 Å². The minimum atomic E-state index is 0.347. The number of nitrogens with zero attached hydrogens (tertiary/aromatic N) is 2. The van der Waals surface area contributed by atoms with Gasteiger partial charge in [-0.3, -0.25) is 0 Å². The number of hydrogen-bond donors (Lipinski definition) is 0. The van der Waals surface area contributed by atoms with Gasteiger partial charge in [0.25, 0.3) is 0 Å². The molecule has 0 bridgehead atoms. The van der Waals surface area contributed by atoms with Crippen molar-refractivity contribution in [3.8, 4) is 6.07 Å². The van der Waals surface area contributed by atoms with Crippen molar-refractivity contribution >= 4 is 11.6 Å². The molecular formula is C13H19ClN2O. The Morgan fingerprint density at radius 3 is 2.65 bits per heavy atom. The number of methoxy groups -OCH3 is 1. The van der Waals surface area contributed by atoms with Gasteiger partial charge in [-0.1, -0.05) is 25.4 Å². The topological polar surface area (TPSA) is 38.0 Å². The van der Waals surface area contributed by atoms with E-state index in [0.29, 0.717) is 23.1 Å². The summed E-state index contributed by atoms with van der Waals surface area (Å²) in [4.78, 5) is 0. The first-order valence-electron chi connectivity index (χ1n) is 5.85. The lowest BCUT2D eigenvalue weighted by molar-refractivity contribution is 0.185. The molecule has 0 fully saturated rings. The standard InChI is InChI=1S/C13H19ClN2O/c1-5-9(2)13-12(14)11(8-15)10(3)16(13)6-7-17-4/h9H,5-7H2,1-4H3. The van der Waals surface area contributed by atoms with Crippen molar-refractivity contribution in [2.24, 2.45) is 0 Å². The molecule has 94 valence electrons. The Bertz CT molecular complexity index is 432. The average Bonchev–Trinajstić information content (AvgIpc) is 2.56. The van der Waals surface area contributed by atoms with Gasteiger partial charge in [-0.15, -0.1) is 0 Å². The molecule has 0 saturated carbocycles. The first-order valence-corrected chi connectivity index (χ1v) is 6.23. The van der Waals surface area contributed by atoms with E-state index in [9.17, 15) is 0 Å². The fourth-order valence-corrected chi connectivity index (χ4v) is 2.46. The second-order valence-electron chi connectivity index (χ2n) is 4.23. The summed E-state index contributed by atoms with van der Waals surface area (Å²) >= 11 is 6.30. The van der Waals surface area contributed by atoms with Crippen molar-refractivity contribution in [1.29, 1.82) is 5.26 Å². The Labute approximate surface area is 108 Å². The van der Waals surface area contributed by atoms with Gasteiger partial charge < -0.3 is 9.30 Å². The van der Waals surface area contributed by atoms with E-state index in [-0.39, 0.29) is 0 Å². The molecule has 0 saturated heterocycles. The summed E-state index contributed by atoms with van der Waals surface area (Å²) in [7, 11) is 1.68. The molecule has 1 rings (SSSR count). The third-order valence-electron chi connectivity index (χ3n) is 3.21. The second kappa shape index (κ2) is 6.09. The van der Waals surface area contributed by atoms with Crippen molar-refractivity contribution in [3.05, 3.63) is 22.0 Å². The molecule has 0 aliphatic carbocycles. The average molecular weight is 255 g/mol. The van der Waals surface area contributed by atoms with Crippen LogP contribution in [0.2, 0.25) is 5.02 Å². The maximum atomic E-state index is 9.14. The van der Waals surface area contributed by atoms with Gasteiger partial charge in [-0.05, 0) is 19.3 Å². The molecule has 0 amide bonds. The summed E-state index contributed by atoms with van der Waals surface area (Å²) in [5, 5.41) is 9.74. The molecule has 1 aromatic heterocycles. The number of hydrogen-bond acceptors (Lipinski definition) is 2. The van der Waals surface area contributed by atoms with E-state index < -0.39 is 0 Å². The zero-order chi connectivity index (χ0) is 13.0. The smallest absolute Gasteiger partial charge is 0.103 e. The predicted octanol–water partition coefficient (Wildman–Crippen LogP) is 3.48. The van der Waals surface area contributed by atoms with Crippen LogP contribution >= 0.6 is 11.6 Å². The molecule has 0 radical (unpaired) electrons. The highest BCUT2D eigenvalue weighted by atomic mass is 35.5. The molecular weight excluding hydrogens is 236 g/mol. The van der Waals surface area contributed by atoms with Gasteiger partial charge >= 0.3 is 0 Å². The fourth-order valence-electron chi connectivity index (χ4n) is 2.00. The molecule has 3 nitrogen and oxygen atoms in total. The highest BCUT2D eigenvalue weighted by molar-refractivity contribution is 6.32. The van der Waals surface area contributed by atoms with E-state index in [1.54, 1.807) is 7.11 Å². The monoisotopic (exact) mass is 254 g/mol. The molecule has 0 N–H and O–H groups in total. The zero-order valence-corrected chi connectivity index (χ0v) is 11.6. The maximum absolute atomic E-state index is 9.14. The van der Waals surface area contributed by atoms with Crippen molar-refractivity contribution in [1.82, 2.24) is 4.57 Å². The molecule has 1 heterocycles. The van der Waals surface area contributed by atoms with Crippen LogP contribution in [0.1, 0.15) is 43.1 Å². The van der Waals surface area contributed by atoms with Crippen LogP contribution in [0.4, 0.5) is 0 Å². The lowest BCUT2D eigenvalue weighted by Gasteiger charge is -2.15. The quantitative estimate of drug-likeness (QED) is 0.807. The van der Waals surface area contributed by atoms with Crippen molar-refractivity contribution in [2.45, 2.75) is 39.7 Å². The van der Waals surface area contributed by atoms with Gasteiger partial charge in [0.2, 0.25) is 0 Å². The Hall–Kier alpha value is -0.980. The minimum absolute atomic E-state index is 0.347. The summed E-state index contributed by atoms with van der Waals surface area (Å²) in [6, 6.07) is 2.19. The molecule has 0 aliphatic heterocycles. The van der Waals surface area contributed by atoms with Crippen molar-refractivity contribution in [3.63, 3.8) is 0 Å². The van der Waals surface area contributed by atoms with E-state index in [2.05, 4.69) is 24.5 Å². The normalized spacial score (nSPS) is 12.5. The molecule has 17 heavy (non-hydrogen) atoms. The van der Waals surface area contributed by atoms with Crippen molar-refractivity contribution < 1.29 is 4.74 Å². The third kappa shape index (κ3) is 2.65. The van der Waals surface area contributed by atoms with Gasteiger partial charge in [0, 0.05) is 25.0 Å². The van der Waals surface area contributed by atoms with E-state index in [1.807, 2.05) is 6.92 Å². The van der Waals surface area contributed by atoms with Crippen molar-refractivity contribution in [2.75, 3.05) is 13.7 Å². The van der Waals surface area contributed by atoms with Gasteiger partial charge in [0.1, 0.15) is 6.07 Å². The van der Waals surface area contributed by atoms with Crippen LogP contribution in [0, 0.1) is 18.3 Å². The largest absolute Gasteiger partial charge is 0.383 e. The van der Waals surface area contributed by atoms with Gasteiger partial charge in [0.15, 0.2) is 0 Å². The first-order chi connectivity index (χ1) is 8.08. The van der Waals surface area contributed by atoms with E-state index in [1.165, 1.54) is 0 Å². The number of aromatic nitrogens is 1. The fraction of sp³-hybridized carbons (Fsp3) is 0.615. The molecule has 0 spiro atoms. The molecule has 1 unspecified atom stereocenters.